The smallest absolute Gasteiger partial charge is 0.120 e. The van der Waals surface area contributed by atoms with Crippen LogP contribution in [0.4, 0.5) is 11.4 Å². The van der Waals surface area contributed by atoms with Gasteiger partial charge in [-0.15, -0.1) is 0 Å². The fourth-order valence-corrected chi connectivity index (χ4v) is 3.48. The van der Waals surface area contributed by atoms with E-state index in [9.17, 15) is 0 Å². The Balaban J connectivity index is 2.12. The summed E-state index contributed by atoms with van der Waals surface area (Å²) in [5.41, 5.74) is 3.79. The molecule has 2 aromatic carbocycles. The van der Waals surface area contributed by atoms with Gasteiger partial charge in [-0.05, 0) is 42.8 Å². The Hall–Kier alpha value is -1.61. The maximum absolute atomic E-state index is 5.30. The zero-order valence-electron chi connectivity index (χ0n) is 10.7. The van der Waals surface area contributed by atoms with Crippen LogP contribution >= 0.6 is 11.8 Å². The molecule has 0 fully saturated rings. The summed E-state index contributed by atoms with van der Waals surface area (Å²) in [6.45, 7) is 2.13. The van der Waals surface area contributed by atoms with Crippen LogP contribution in [0, 0.1) is 6.92 Å². The molecule has 1 aliphatic heterocycles. The lowest BCUT2D eigenvalue weighted by Crippen LogP contribution is -2.14. The summed E-state index contributed by atoms with van der Waals surface area (Å²) in [4.78, 5) is 4.79. The molecule has 18 heavy (non-hydrogen) atoms. The third-order valence-electron chi connectivity index (χ3n) is 3.22. The minimum atomic E-state index is 0.908. The molecule has 2 nitrogen and oxygen atoms in total. The summed E-state index contributed by atoms with van der Waals surface area (Å²) in [6.07, 6.45) is 0. The summed E-state index contributed by atoms with van der Waals surface area (Å²) in [5, 5.41) is 0. The molecule has 3 rings (SSSR count). The van der Waals surface area contributed by atoms with Crippen molar-refractivity contribution in [3.63, 3.8) is 0 Å². The number of anilines is 2. The number of benzene rings is 2. The number of hydrogen-bond acceptors (Lipinski definition) is 3. The molecule has 0 N–H and O–H groups in total. The highest BCUT2D eigenvalue weighted by Gasteiger charge is 2.20. The Labute approximate surface area is 112 Å². The number of methoxy groups -OCH3 is 1. The average molecular weight is 257 g/mol. The van der Waals surface area contributed by atoms with Gasteiger partial charge in [-0.1, -0.05) is 17.8 Å². The molecule has 0 aliphatic carbocycles. The van der Waals surface area contributed by atoms with Crippen LogP contribution in [-0.4, -0.2) is 14.2 Å². The van der Waals surface area contributed by atoms with Crippen LogP contribution in [-0.2, 0) is 0 Å². The lowest BCUT2D eigenvalue weighted by molar-refractivity contribution is 0.413. The first-order chi connectivity index (χ1) is 8.69. The fraction of sp³-hybridized carbons (Fsp3) is 0.200. The molecule has 0 amide bonds. The second kappa shape index (κ2) is 4.25. The van der Waals surface area contributed by atoms with E-state index in [1.807, 2.05) is 17.8 Å². The van der Waals surface area contributed by atoms with E-state index in [2.05, 4.69) is 49.2 Å². The fourth-order valence-electron chi connectivity index (χ4n) is 2.21. The molecule has 0 aromatic heterocycles. The summed E-state index contributed by atoms with van der Waals surface area (Å²) >= 11 is 1.81. The lowest BCUT2D eigenvalue weighted by atomic mass is 10.2. The minimum absolute atomic E-state index is 0.908. The molecule has 92 valence electrons. The van der Waals surface area contributed by atoms with Crippen LogP contribution in [0.3, 0.4) is 0 Å². The molecule has 1 aliphatic rings. The highest BCUT2D eigenvalue weighted by molar-refractivity contribution is 7.99. The van der Waals surface area contributed by atoms with Crippen molar-refractivity contribution in [2.75, 3.05) is 19.1 Å². The first kappa shape index (κ1) is 11.5. The van der Waals surface area contributed by atoms with E-state index in [0.29, 0.717) is 0 Å². The van der Waals surface area contributed by atoms with E-state index < -0.39 is 0 Å². The SMILES string of the molecule is COc1ccc2c(c1)Sc1cc(C)ccc1N2C. The predicted molar refractivity (Wildman–Crippen MR) is 76.4 cm³/mol. The van der Waals surface area contributed by atoms with Gasteiger partial charge in [0.05, 0.1) is 18.5 Å². The average Bonchev–Trinajstić information content (AvgIpc) is 2.38. The third-order valence-corrected chi connectivity index (χ3v) is 4.32. The van der Waals surface area contributed by atoms with Gasteiger partial charge >= 0.3 is 0 Å². The Kier molecular flexibility index (Phi) is 2.71. The quantitative estimate of drug-likeness (QED) is 0.758. The number of hydrogen-bond donors (Lipinski definition) is 0. The van der Waals surface area contributed by atoms with Gasteiger partial charge in [0.1, 0.15) is 5.75 Å². The molecular weight excluding hydrogens is 242 g/mol. The Morgan fingerprint density at radius 3 is 2.39 bits per heavy atom. The first-order valence-corrected chi connectivity index (χ1v) is 6.71. The van der Waals surface area contributed by atoms with Gasteiger partial charge in [-0.3, -0.25) is 0 Å². The zero-order chi connectivity index (χ0) is 12.7. The van der Waals surface area contributed by atoms with Crippen molar-refractivity contribution < 1.29 is 4.74 Å². The van der Waals surface area contributed by atoms with Crippen molar-refractivity contribution in [2.24, 2.45) is 0 Å². The second-order valence-electron chi connectivity index (χ2n) is 4.47. The maximum atomic E-state index is 5.30. The third kappa shape index (κ3) is 1.75. The van der Waals surface area contributed by atoms with Crippen molar-refractivity contribution >= 4 is 23.1 Å². The molecule has 0 saturated carbocycles. The number of nitrogens with zero attached hydrogens (tertiary/aromatic N) is 1. The van der Waals surface area contributed by atoms with E-state index in [1.165, 1.54) is 26.7 Å². The zero-order valence-corrected chi connectivity index (χ0v) is 11.5. The summed E-state index contributed by atoms with van der Waals surface area (Å²) in [6, 6.07) is 12.8. The monoisotopic (exact) mass is 257 g/mol. The van der Waals surface area contributed by atoms with Crippen LogP contribution in [0.5, 0.6) is 5.75 Å². The summed E-state index contributed by atoms with van der Waals surface area (Å²) < 4.78 is 5.30. The van der Waals surface area contributed by atoms with Crippen LogP contribution in [0.2, 0.25) is 0 Å². The molecule has 0 saturated heterocycles. The Bertz CT molecular complexity index is 609. The number of rotatable bonds is 1. The summed E-state index contributed by atoms with van der Waals surface area (Å²) in [7, 11) is 3.82. The van der Waals surface area contributed by atoms with Gasteiger partial charge in [-0.2, -0.15) is 0 Å². The number of fused-ring (bicyclic) bond motifs is 2. The minimum Gasteiger partial charge on any atom is -0.497 e. The molecule has 0 radical (unpaired) electrons. The maximum Gasteiger partial charge on any atom is 0.120 e. The molecule has 3 heteroatoms. The van der Waals surface area contributed by atoms with Gasteiger partial charge in [-0.25, -0.2) is 0 Å². The van der Waals surface area contributed by atoms with Crippen LogP contribution in [0.25, 0.3) is 0 Å². The van der Waals surface area contributed by atoms with Crippen molar-refractivity contribution in [1.82, 2.24) is 0 Å². The molecule has 1 heterocycles. The molecule has 0 bridgehead atoms. The van der Waals surface area contributed by atoms with E-state index in [1.54, 1.807) is 7.11 Å². The lowest BCUT2D eigenvalue weighted by Gasteiger charge is -2.29. The van der Waals surface area contributed by atoms with E-state index in [-0.39, 0.29) is 0 Å². The van der Waals surface area contributed by atoms with E-state index in [4.69, 9.17) is 4.74 Å². The summed E-state index contributed by atoms with van der Waals surface area (Å²) in [5.74, 6) is 0.908. The van der Waals surface area contributed by atoms with Gasteiger partial charge in [0.2, 0.25) is 0 Å². The van der Waals surface area contributed by atoms with Crippen molar-refractivity contribution in [3.05, 3.63) is 42.0 Å². The highest BCUT2D eigenvalue weighted by Crippen LogP contribution is 2.48. The van der Waals surface area contributed by atoms with Crippen molar-refractivity contribution in [3.8, 4) is 5.75 Å². The molecule has 0 spiro atoms. The highest BCUT2D eigenvalue weighted by atomic mass is 32.2. The van der Waals surface area contributed by atoms with Crippen LogP contribution in [0.15, 0.2) is 46.2 Å². The van der Waals surface area contributed by atoms with Gasteiger partial charge < -0.3 is 9.64 Å². The second-order valence-corrected chi connectivity index (χ2v) is 5.55. The van der Waals surface area contributed by atoms with E-state index in [0.717, 1.165) is 5.75 Å². The number of aryl methyl sites for hydroxylation is 1. The van der Waals surface area contributed by atoms with Crippen LogP contribution in [0.1, 0.15) is 5.56 Å². The molecule has 0 atom stereocenters. The largest absolute Gasteiger partial charge is 0.497 e. The van der Waals surface area contributed by atoms with Gasteiger partial charge in [0.15, 0.2) is 0 Å². The van der Waals surface area contributed by atoms with Gasteiger partial charge in [0.25, 0.3) is 0 Å². The van der Waals surface area contributed by atoms with Gasteiger partial charge in [0, 0.05) is 16.8 Å². The molecule has 2 aromatic rings. The van der Waals surface area contributed by atoms with E-state index >= 15 is 0 Å². The normalized spacial score (nSPS) is 12.9. The molecular formula is C15H15NOS. The predicted octanol–water partition coefficient (Wildman–Crippen LogP) is 4.24. The Morgan fingerprint density at radius 1 is 1.00 bits per heavy atom. The first-order valence-electron chi connectivity index (χ1n) is 5.89. The van der Waals surface area contributed by atoms with Crippen LogP contribution < -0.4 is 9.64 Å². The van der Waals surface area contributed by atoms with Crippen molar-refractivity contribution in [2.45, 2.75) is 16.7 Å². The molecule has 0 unspecified atom stereocenters. The number of ether oxygens (including phenoxy) is 1. The Morgan fingerprint density at radius 2 is 1.67 bits per heavy atom. The topological polar surface area (TPSA) is 12.5 Å². The standard InChI is InChI=1S/C15H15NOS/c1-10-4-6-12-14(8-10)18-15-9-11(17-3)5-7-13(15)16(12)2/h4-9H,1-3H3. The van der Waals surface area contributed by atoms with Crippen molar-refractivity contribution in [1.29, 1.82) is 0 Å².